The smallest absolute Gasteiger partial charge is 0.168 e. The number of unbranched alkanes of at least 4 members (excludes halogenated alkanes) is 1. The summed E-state index contributed by atoms with van der Waals surface area (Å²) in [4.78, 5) is 18.1. The number of rotatable bonds is 8. The minimum Gasteiger partial charge on any atom is -0.511 e. The van der Waals surface area contributed by atoms with Crippen molar-refractivity contribution in [3.8, 4) is 0 Å². The monoisotopic (exact) mass is 385 g/mol. The van der Waals surface area contributed by atoms with E-state index in [2.05, 4.69) is 38.9 Å². The first-order valence-electron chi connectivity index (χ1n) is 10.6. The highest BCUT2D eigenvalue weighted by atomic mass is 16.6. The molecule has 0 saturated carbocycles. The fourth-order valence-electron chi connectivity index (χ4n) is 4.47. The summed E-state index contributed by atoms with van der Waals surface area (Å²) in [6, 6.07) is 2.24. The molecular formula is C24H35NO3. The maximum absolute atomic E-state index is 12.9. The Balaban J connectivity index is 2.43. The van der Waals surface area contributed by atoms with Crippen LogP contribution in [0.5, 0.6) is 0 Å². The van der Waals surface area contributed by atoms with Crippen LogP contribution in [0.2, 0.25) is 0 Å². The molecular weight excluding hydrogens is 350 g/mol. The number of benzene rings is 1. The maximum Gasteiger partial charge on any atom is 0.168 e. The minimum absolute atomic E-state index is 0.0161. The van der Waals surface area contributed by atoms with Crippen molar-refractivity contribution in [3.05, 3.63) is 45.2 Å². The molecule has 1 unspecified atom stereocenters. The van der Waals surface area contributed by atoms with Gasteiger partial charge in [0.2, 0.25) is 0 Å². The number of carbonyl (C=O) groups excluding carboxylic acids is 1. The van der Waals surface area contributed by atoms with Crippen LogP contribution in [0.15, 0.2) is 22.6 Å². The summed E-state index contributed by atoms with van der Waals surface area (Å²) < 4.78 is 0. The van der Waals surface area contributed by atoms with Gasteiger partial charge < -0.3 is 9.94 Å². The predicted octanol–water partition coefficient (Wildman–Crippen LogP) is 6.02. The molecule has 28 heavy (non-hydrogen) atoms. The van der Waals surface area contributed by atoms with Crippen LogP contribution in [0.1, 0.15) is 86.6 Å². The van der Waals surface area contributed by atoms with Crippen LogP contribution >= 0.6 is 0 Å². The largest absolute Gasteiger partial charge is 0.511 e. The molecule has 154 valence electrons. The summed E-state index contributed by atoms with van der Waals surface area (Å²) in [6.07, 6.45) is 4.83. The molecule has 0 saturated heterocycles. The molecule has 0 aliphatic heterocycles. The number of aryl methyl sites for hydroxylation is 2. The number of nitrogens with zero attached hydrogens (tertiary/aromatic N) is 1. The van der Waals surface area contributed by atoms with Gasteiger partial charge in [0.1, 0.15) is 12.4 Å². The molecule has 4 heteroatoms. The number of aliphatic hydroxyl groups excluding tert-OH is 1. The van der Waals surface area contributed by atoms with Gasteiger partial charge in [0.05, 0.1) is 11.3 Å². The Morgan fingerprint density at radius 2 is 1.89 bits per heavy atom. The van der Waals surface area contributed by atoms with E-state index in [1.165, 1.54) is 27.8 Å². The quantitative estimate of drug-likeness (QED) is 0.440. The predicted molar refractivity (Wildman–Crippen MR) is 115 cm³/mol. The molecule has 4 nitrogen and oxygen atoms in total. The highest BCUT2D eigenvalue weighted by Gasteiger charge is 2.33. The van der Waals surface area contributed by atoms with E-state index < -0.39 is 0 Å². The first-order chi connectivity index (χ1) is 13.3. The van der Waals surface area contributed by atoms with E-state index in [4.69, 9.17) is 4.84 Å². The van der Waals surface area contributed by atoms with Gasteiger partial charge in [-0.1, -0.05) is 31.5 Å². The first-order valence-corrected chi connectivity index (χ1v) is 10.6. The SMILES string of the molecule is CCCCc1c(C)cc(C)c(C2CC(=O)C(C(CC)=NOCC)=C(O)C2)c1C. The third-order valence-corrected chi connectivity index (χ3v) is 5.75. The fraction of sp³-hybridized carbons (Fsp3) is 0.583. The van der Waals surface area contributed by atoms with E-state index >= 15 is 0 Å². The van der Waals surface area contributed by atoms with Crippen molar-refractivity contribution in [1.82, 2.24) is 0 Å². The van der Waals surface area contributed by atoms with Gasteiger partial charge >= 0.3 is 0 Å². The molecule has 1 aromatic rings. The Morgan fingerprint density at radius 1 is 1.18 bits per heavy atom. The van der Waals surface area contributed by atoms with Gasteiger partial charge in [0.15, 0.2) is 5.78 Å². The van der Waals surface area contributed by atoms with Crippen molar-refractivity contribution in [2.75, 3.05) is 6.61 Å². The van der Waals surface area contributed by atoms with Crippen LogP contribution in [0.4, 0.5) is 0 Å². The van der Waals surface area contributed by atoms with Crippen molar-refractivity contribution >= 4 is 11.5 Å². The van der Waals surface area contributed by atoms with E-state index in [1.807, 2.05) is 13.8 Å². The van der Waals surface area contributed by atoms with Gasteiger partial charge in [-0.05, 0) is 80.7 Å². The molecule has 0 fully saturated rings. The first kappa shape index (κ1) is 22.2. The zero-order valence-corrected chi connectivity index (χ0v) is 18.3. The van der Waals surface area contributed by atoms with Crippen LogP contribution in [0, 0.1) is 20.8 Å². The minimum atomic E-state index is -0.0384. The standard InChI is InChI=1S/C24H35NO3/c1-7-10-11-19-15(4)12-16(5)23(17(19)6)18-13-21(26)24(22(27)14-18)20(8-2)25-28-9-3/h12,18,26H,7-11,13-14H2,1-6H3. The molecule has 0 spiro atoms. The number of allylic oxidation sites excluding steroid dienone is 2. The highest BCUT2D eigenvalue weighted by molar-refractivity contribution is 6.23. The van der Waals surface area contributed by atoms with Crippen molar-refractivity contribution < 1.29 is 14.7 Å². The molecule has 1 aliphatic rings. The molecule has 0 bridgehead atoms. The third kappa shape index (κ3) is 4.65. The van der Waals surface area contributed by atoms with Crippen LogP contribution in [-0.4, -0.2) is 23.2 Å². The van der Waals surface area contributed by atoms with E-state index in [1.54, 1.807) is 0 Å². The van der Waals surface area contributed by atoms with Gasteiger partial charge in [0.25, 0.3) is 0 Å². The zero-order valence-electron chi connectivity index (χ0n) is 18.3. The second kappa shape index (κ2) is 9.90. The Labute approximate surface area is 169 Å². The van der Waals surface area contributed by atoms with Crippen molar-refractivity contribution in [2.24, 2.45) is 5.16 Å². The molecule has 1 aliphatic carbocycles. The lowest BCUT2D eigenvalue weighted by molar-refractivity contribution is -0.116. The van der Waals surface area contributed by atoms with Gasteiger partial charge in [0, 0.05) is 12.8 Å². The van der Waals surface area contributed by atoms with Crippen LogP contribution in [0.25, 0.3) is 0 Å². The Kier molecular flexibility index (Phi) is 7.85. The van der Waals surface area contributed by atoms with Crippen molar-refractivity contribution in [3.63, 3.8) is 0 Å². The Bertz CT molecular complexity index is 790. The molecule has 0 heterocycles. The average Bonchev–Trinajstić information content (AvgIpc) is 2.63. The number of oxime groups is 1. The summed E-state index contributed by atoms with van der Waals surface area (Å²) in [7, 11) is 0. The van der Waals surface area contributed by atoms with Gasteiger partial charge in [-0.15, -0.1) is 0 Å². The number of ketones is 1. The average molecular weight is 386 g/mol. The molecule has 0 amide bonds. The third-order valence-electron chi connectivity index (χ3n) is 5.75. The second-order valence-corrected chi connectivity index (χ2v) is 7.79. The van der Waals surface area contributed by atoms with Crippen molar-refractivity contribution in [1.29, 1.82) is 0 Å². The molecule has 1 N–H and O–H groups in total. The Hall–Kier alpha value is -2.10. The molecule has 1 atom stereocenters. The molecule has 0 aromatic heterocycles. The maximum atomic E-state index is 12.9. The van der Waals surface area contributed by atoms with Crippen LogP contribution in [0.3, 0.4) is 0 Å². The zero-order chi connectivity index (χ0) is 20.8. The summed E-state index contributed by atoms with van der Waals surface area (Å²) >= 11 is 0. The molecule has 1 aromatic carbocycles. The van der Waals surface area contributed by atoms with E-state index in [-0.39, 0.29) is 17.5 Å². The van der Waals surface area contributed by atoms with Crippen molar-refractivity contribution in [2.45, 2.75) is 86.0 Å². The lowest BCUT2D eigenvalue weighted by atomic mass is 9.76. The fourth-order valence-corrected chi connectivity index (χ4v) is 4.47. The summed E-state index contributed by atoms with van der Waals surface area (Å²) in [5.41, 5.74) is 7.37. The lowest BCUT2D eigenvalue weighted by Gasteiger charge is -2.28. The highest BCUT2D eigenvalue weighted by Crippen LogP contribution is 2.39. The molecule has 0 radical (unpaired) electrons. The van der Waals surface area contributed by atoms with Gasteiger partial charge in [-0.25, -0.2) is 0 Å². The molecule has 2 rings (SSSR count). The van der Waals surface area contributed by atoms with E-state index in [0.29, 0.717) is 37.2 Å². The van der Waals surface area contributed by atoms with E-state index in [0.717, 1.165) is 19.3 Å². The summed E-state index contributed by atoms with van der Waals surface area (Å²) in [6.45, 7) is 12.9. The van der Waals surface area contributed by atoms with E-state index in [9.17, 15) is 9.90 Å². The lowest BCUT2D eigenvalue weighted by Crippen LogP contribution is -2.25. The van der Waals surface area contributed by atoms with Gasteiger partial charge in [-0.2, -0.15) is 0 Å². The number of carbonyl (C=O) groups is 1. The number of aliphatic hydroxyl groups is 1. The van der Waals surface area contributed by atoms with Crippen LogP contribution < -0.4 is 0 Å². The summed E-state index contributed by atoms with van der Waals surface area (Å²) in [5.74, 6) is 0.127. The topological polar surface area (TPSA) is 58.9 Å². The Morgan fingerprint density at radius 3 is 2.46 bits per heavy atom. The second-order valence-electron chi connectivity index (χ2n) is 7.79. The van der Waals surface area contributed by atoms with Crippen LogP contribution in [-0.2, 0) is 16.1 Å². The number of hydrogen-bond donors (Lipinski definition) is 1. The normalized spacial score (nSPS) is 18.0. The van der Waals surface area contributed by atoms with Gasteiger partial charge in [-0.3, -0.25) is 4.79 Å². The number of Topliss-reactive ketones (excluding diaryl/α,β-unsaturated/α-hetero) is 1. The summed E-state index contributed by atoms with van der Waals surface area (Å²) in [5, 5.41) is 14.8. The number of hydrogen-bond acceptors (Lipinski definition) is 4.